The molecule has 2 fully saturated rings. The van der Waals surface area contributed by atoms with Crippen molar-refractivity contribution in [1.29, 1.82) is 0 Å². The van der Waals surface area contributed by atoms with Crippen LogP contribution < -0.4 is 9.75 Å². The Morgan fingerprint density at radius 3 is 2.29 bits per heavy atom. The molecule has 5 heteroatoms. The average Bonchev–Trinajstić information content (AvgIpc) is 2.98. The number of benzene rings is 1. The van der Waals surface area contributed by atoms with Crippen LogP contribution in [0.15, 0.2) is 29.4 Å². The molecule has 1 saturated heterocycles. The molecule has 0 amide bonds. The molecule has 0 N–H and O–H groups in total. The molecule has 1 aromatic rings. The van der Waals surface area contributed by atoms with E-state index in [4.69, 9.17) is 19.3 Å². The zero-order valence-corrected chi connectivity index (χ0v) is 12.7. The molecule has 0 unspecified atom stereocenters. The molecule has 1 saturated carbocycles. The number of hydrogen-bond donors (Lipinski definition) is 0. The van der Waals surface area contributed by atoms with E-state index in [2.05, 4.69) is 0 Å². The summed E-state index contributed by atoms with van der Waals surface area (Å²) >= 11 is 0. The molecule has 1 aromatic carbocycles. The lowest BCUT2D eigenvalue weighted by Gasteiger charge is -2.32. The summed E-state index contributed by atoms with van der Waals surface area (Å²) in [6, 6.07) is 7.91. The molecule has 1 spiro atoms. The Hall–Kier alpha value is -1.59. The standard InChI is InChI=1S/C16H22N2O3/c1-18(14-3-5-15(19-2)6-4-14)17-13-7-9-16(10-8-13)20-11-12-21-16/h3-6H,7-12H2,1-2H3. The van der Waals surface area contributed by atoms with Gasteiger partial charge in [0, 0.05) is 25.6 Å². The highest BCUT2D eigenvalue weighted by molar-refractivity contribution is 5.86. The van der Waals surface area contributed by atoms with Crippen LogP contribution in [-0.4, -0.2) is 38.9 Å². The molecule has 5 nitrogen and oxygen atoms in total. The quantitative estimate of drug-likeness (QED) is 0.803. The number of methoxy groups -OCH3 is 1. The fourth-order valence-electron chi connectivity index (χ4n) is 2.87. The first-order chi connectivity index (χ1) is 10.2. The lowest BCUT2D eigenvalue weighted by atomic mass is 9.92. The summed E-state index contributed by atoms with van der Waals surface area (Å²) in [6.07, 6.45) is 3.67. The van der Waals surface area contributed by atoms with Gasteiger partial charge in [0.15, 0.2) is 5.79 Å². The van der Waals surface area contributed by atoms with Crippen LogP contribution in [0.3, 0.4) is 0 Å². The molecule has 0 radical (unpaired) electrons. The first kappa shape index (κ1) is 14.4. The molecule has 2 aliphatic rings. The molecule has 0 atom stereocenters. The second-order valence-electron chi connectivity index (χ2n) is 5.50. The molecule has 0 bridgehead atoms. The zero-order chi connectivity index (χ0) is 14.7. The lowest BCUT2D eigenvalue weighted by molar-refractivity contribution is -0.167. The Balaban J connectivity index is 1.62. The lowest BCUT2D eigenvalue weighted by Crippen LogP contribution is -2.35. The monoisotopic (exact) mass is 290 g/mol. The summed E-state index contributed by atoms with van der Waals surface area (Å²) in [6.45, 7) is 1.44. The molecule has 21 heavy (non-hydrogen) atoms. The smallest absolute Gasteiger partial charge is 0.169 e. The normalized spacial score (nSPS) is 20.6. The summed E-state index contributed by atoms with van der Waals surface area (Å²) in [5.41, 5.74) is 2.26. The van der Waals surface area contributed by atoms with Crippen molar-refractivity contribution in [2.45, 2.75) is 31.5 Å². The van der Waals surface area contributed by atoms with E-state index < -0.39 is 0 Å². The number of hydrazone groups is 1. The summed E-state index contributed by atoms with van der Waals surface area (Å²) in [5.74, 6) is 0.535. The topological polar surface area (TPSA) is 43.3 Å². The van der Waals surface area contributed by atoms with Gasteiger partial charge in [-0.25, -0.2) is 0 Å². The van der Waals surface area contributed by atoms with Crippen LogP contribution in [0.2, 0.25) is 0 Å². The van der Waals surface area contributed by atoms with Crippen molar-refractivity contribution in [2.75, 3.05) is 32.4 Å². The number of anilines is 1. The van der Waals surface area contributed by atoms with Crippen LogP contribution in [0.5, 0.6) is 5.75 Å². The third-order valence-corrected chi connectivity index (χ3v) is 4.14. The minimum absolute atomic E-state index is 0.322. The van der Waals surface area contributed by atoms with Crippen LogP contribution >= 0.6 is 0 Å². The molecule has 114 valence electrons. The Morgan fingerprint density at radius 1 is 1.10 bits per heavy atom. The SMILES string of the molecule is COc1ccc(N(C)N=C2CCC3(CC2)OCCO3)cc1. The highest BCUT2D eigenvalue weighted by Crippen LogP contribution is 2.34. The fourth-order valence-corrected chi connectivity index (χ4v) is 2.87. The van der Waals surface area contributed by atoms with Crippen molar-refractivity contribution in [2.24, 2.45) is 5.10 Å². The minimum Gasteiger partial charge on any atom is -0.497 e. The Kier molecular flexibility index (Phi) is 4.12. The number of nitrogens with zero attached hydrogens (tertiary/aromatic N) is 2. The zero-order valence-electron chi connectivity index (χ0n) is 12.7. The highest BCUT2D eigenvalue weighted by Gasteiger charge is 2.39. The van der Waals surface area contributed by atoms with Crippen LogP contribution in [0.4, 0.5) is 5.69 Å². The summed E-state index contributed by atoms with van der Waals surface area (Å²) < 4.78 is 16.7. The van der Waals surface area contributed by atoms with Gasteiger partial charge in [0.2, 0.25) is 0 Å². The van der Waals surface area contributed by atoms with Gasteiger partial charge in [-0.3, -0.25) is 5.01 Å². The largest absolute Gasteiger partial charge is 0.497 e. The van der Waals surface area contributed by atoms with E-state index in [1.54, 1.807) is 7.11 Å². The van der Waals surface area contributed by atoms with Crippen molar-refractivity contribution in [1.82, 2.24) is 0 Å². The van der Waals surface area contributed by atoms with E-state index in [0.29, 0.717) is 0 Å². The molecule has 1 heterocycles. The maximum atomic E-state index is 5.74. The molecular formula is C16H22N2O3. The van der Waals surface area contributed by atoms with E-state index in [1.165, 1.54) is 5.71 Å². The van der Waals surface area contributed by atoms with Crippen LogP contribution in [0, 0.1) is 0 Å². The number of ether oxygens (including phenoxy) is 3. The van der Waals surface area contributed by atoms with Crippen molar-refractivity contribution in [3.8, 4) is 5.75 Å². The maximum absolute atomic E-state index is 5.74. The number of rotatable bonds is 3. The van der Waals surface area contributed by atoms with Gasteiger partial charge >= 0.3 is 0 Å². The van der Waals surface area contributed by atoms with Crippen molar-refractivity contribution >= 4 is 11.4 Å². The highest BCUT2D eigenvalue weighted by atomic mass is 16.7. The van der Waals surface area contributed by atoms with E-state index in [0.717, 1.165) is 50.3 Å². The van der Waals surface area contributed by atoms with Crippen molar-refractivity contribution < 1.29 is 14.2 Å². The summed E-state index contributed by atoms with van der Waals surface area (Å²) in [4.78, 5) is 0. The van der Waals surface area contributed by atoms with Gasteiger partial charge in [-0.2, -0.15) is 5.10 Å². The first-order valence-electron chi connectivity index (χ1n) is 7.43. The second kappa shape index (κ2) is 6.03. The van der Waals surface area contributed by atoms with Crippen LogP contribution in [0.25, 0.3) is 0 Å². The molecule has 0 aromatic heterocycles. The van der Waals surface area contributed by atoms with Crippen molar-refractivity contribution in [3.63, 3.8) is 0 Å². The maximum Gasteiger partial charge on any atom is 0.169 e. The molecule has 1 aliphatic carbocycles. The first-order valence-corrected chi connectivity index (χ1v) is 7.43. The van der Waals surface area contributed by atoms with Gasteiger partial charge in [0.1, 0.15) is 5.75 Å². The van der Waals surface area contributed by atoms with E-state index in [1.807, 2.05) is 36.3 Å². The average molecular weight is 290 g/mol. The summed E-state index contributed by atoms with van der Waals surface area (Å²) in [7, 11) is 3.64. The predicted molar refractivity (Wildman–Crippen MR) is 81.9 cm³/mol. The number of hydrogen-bond acceptors (Lipinski definition) is 5. The van der Waals surface area contributed by atoms with Gasteiger partial charge in [-0.15, -0.1) is 0 Å². The Labute approximate surface area is 125 Å². The van der Waals surface area contributed by atoms with Gasteiger partial charge in [0.25, 0.3) is 0 Å². The van der Waals surface area contributed by atoms with Gasteiger partial charge < -0.3 is 14.2 Å². The third kappa shape index (κ3) is 3.19. The van der Waals surface area contributed by atoms with Gasteiger partial charge in [-0.1, -0.05) is 0 Å². The molecular weight excluding hydrogens is 268 g/mol. The van der Waals surface area contributed by atoms with E-state index in [9.17, 15) is 0 Å². The van der Waals surface area contributed by atoms with Crippen LogP contribution in [0.1, 0.15) is 25.7 Å². The third-order valence-electron chi connectivity index (χ3n) is 4.14. The fraction of sp³-hybridized carbons (Fsp3) is 0.562. The van der Waals surface area contributed by atoms with Crippen molar-refractivity contribution in [3.05, 3.63) is 24.3 Å². The van der Waals surface area contributed by atoms with Crippen LogP contribution in [-0.2, 0) is 9.47 Å². The summed E-state index contributed by atoms with van der Waals surface area (Å²) in [5, 5.41) is 6.63. The second-order valence-corrected chi connectivity index (χ2v) is 5.50. The van der Waals surface area contributed by atoms with E-state index in [-0.39, 0.29) is 5.79 Å². The van der Waals surface area contributed by atoms with Gasteiger partial charge in [-0.05, 0) is 37.1 Å². The minimum atomic E-state index is -0.322. The Morgan fingerprint density at radius 2 is 1.71 bits per heavy atom. The Bertz CT molecular complexity index is 495. The van der Waals surface area contributed by atoms with E-state index >= 15 is 0 Å². The van der Waals surface area contributed by atoms with Gasteiger partial charge in [0.05, 0.1) is 26.0 Å². The molecule has 3 rings (SSSR count). The molecule has 1 aliphatic heterocycles. The predicted octanol–water partition coefficient (Wildman–Crippen LogP) is 2.80.